The van der Waals surface area contributed by atoms with Crippen LogP contribution in [0, 0.1) is 11.3 Å². The minimum atomic E-state index is -3.98. The Bertz CT molecular complexity index is 976. The van der Waals surface area contributed by atoms with E-state index in [1.165, 1.54) is 19.2 Å². The third-order valence-electron chi connectivity index (χ3n) is 4.45. The van der Waals surface area contributed by atoms with Crippen molar-refractivity contribution in [1.29, 1.82) is 0 Å². The molecule has 0 aliphatic heterocycles. The molecule has 0 unspecified atom stereocenters. The van der Waals surface area contributed by atoms with E-state index in [4.69, 9.17) is 8.92 Å². The monoisotopic (exact) mass is 447 g/mol. The largest absolute Gasteiger partial charge is 0.497 e. The molecule has 0 aliphatic rings. The van der Waals surface area contributed by atoms with Crippen LogP contribution in [0.3, 0.4) is 0 Å². The van der Waals surface area contributed by atoms with Crippen LogP contribution < -0.4 is 8.92 Å². The van der Waals surface area contributed by atoms with Crippen LogP contribution in [0.25, 0.3) is 0 Å². The molecule has 0 aromatic heterocycles. The molecule has 1 amide bonds. The quantitative estimate of drug-likeness (QED) is 0.512. The highest BCUT2D eigenvalue weighted by atomic mass is 32.2. The van der Waals surface area contributed by atoms with Gasteiger partial charge in [0, 0.05) is 19.5 Å². The molecule has 0 heterocycles. The average molecular weight is 448 g/mol. The molecule has 2 aromatic carbocycles. The Hall–Kier alpha value is -2.54. The van der Waals surface area contributed by atoms with Gasteiger partial charge >= 0.3 is 10.1 Å². The Balaban J connectivity index is 2.19. The van der Waals surface area contributed by atoms with Crippen molar-refractivity contribution in [2.75, 3.05) is 13.7 Å². The summed E-state index contributed by atoms with van der Waals surface area (Å²) in [5, 5.41) is 0. The van der Waals surface area contributed by atoms with Crippen molar-refractivity contribution in [2.45, 2.75) is 52.5 Å². The lowest BCUT2D eigenvalue weighted by Gasteiger charge is -2.28. The fraction of sp³-hybridized carbons (Fsp3) is 0.458. The Morgan fingerprint density at radius 1 is 1.03 bits per heavy atom. The molecule has 31 heavy (non-hydrogen) atoms. The molecule has 170 valence electrons. The van der Waals surface area contributed by atoms with E-state index in [0.29, 0.717) is 31.2 Å². The fourth-order valence-corrected chi connectivity index (χ4v) is 4.02. The van der Waals surface area contributed by atoms with Crippen molar-refractivity contribution in [1.82, 2.24) is 4.90 Å². The van der Waals surface area contributed by atoms with E-state index in [1.54, 1.807) is 30.3 Å². The molecule has 0 aliphatic carbocycles. The van der Waals surface area contributed by atoms with Gasteiger partial charge in [-0.2, -0.15) is 8.42 Å². The number of hydrogen-bond acceptors (Lipinski definition) is 5. The van der Waals surface area contributed by atoms with Gasteiger partial charge in [-0.05, 0) is 53.3 Å². The van der Waals surface area contributed by atoms with Gasteiger partial charge in [-0.25, -0.2) is 0 Å². The van der Waals surface area contributed by atoms with Crippen LogP contribution in [0.1, 0.15) is 46.6 Å². The number of carbonyl (C=O) groups excluding carboxylic acids is 1. The summed E-state index contributed by atoms with van der Waals surface area (Å²) in [6.07, 6.45) is 0.446. The number of carbonyl (C=O) groups is 1. The first-order chi connectivity index (χ1) is 14.4. The maximum absolute atomic E-state index is 12.8. The lowest BCUT2D eigenvalue weighted by atomic mass is 9.91. The topological polar surface area (TPSA) is 72.9 Å². The lowest BCUT2D eigenvalue weighted by Crippen LogP contribution is -2.35. The summed E-state index contributed by atoms with van der Waals surface area (Å²) in [6.45, 7) is 11.3. The number of rotatable bonds is 9. The predicted octanol–water partition coefficient (Wildman–Crippen LogP) is 4.88. The van der Waals surface area contributed by atoms with Crippen LogP contribution in [0.4, 0.5) is 0 Å². The van der Waals surface area contributed by atoms with Crippen molar-refractivity contribution >= 4 is 16.0 Å². The molecule has 0 saturated carbocycles. The summed E-state index contributed by atoms with van der Waals surface area (Å²) in [4.78, 5) is 14.7. The van der Waals surface area contributed by atoms with Crippen molar-refractivity contribution in [3.8, 4) is 11.5 Å². The molecule has 0 atom stereocenters. The number of amides is 1. The number of benzene rings is 2. The second-order valence-electron chi connectivity index (χ2n) is 9.27. The van der Waals surface area contributed by atoms with E-state index in [9.17, 15) is 13.2 Å². The maximum Gasteiger partial charge on any atom is 0.339 e. The van der Waals surface area contributed by atoms with Gasteiger partial charge in [-0.15, -0.1) is 0 Å². The minimum absolute atomic E-state index is 0.0421. The Labute approximate surface area is 186 Å². The van der Waals surface area contributed by atoms with Gasteiger partial charge in [0.2, 0.25) is 5.91 Å². The first-order valence-corrected chi connectivity index (χ1v) is 11.8. The van der Waals surface area contributed by atoms with E-state index in [2.05, 4.69) is 13.8 Å². The van der Waals surface area contributed by atoms with Gasteiger partial charge in [0.1, 0.15) is 16.4 Å². The van der Waals surface area contributed by atoms with E-state index in [0.717, 1.165) is 5.56 Å². The fourth-order valence-electron chi connectivity index (χ4n) is 3.09. The van der Waals surface area contributed by atoms with Crippen molar-refractivity contribution in [3.05, 3.63) is 54.1 Å². The van der Waals surface area contributed by atoms with Gasteiger partial charge < -0.3 is 13.8 Å². The molecule has 0 radical (unpaired) electrons. The van der Waals surface area contributed by atoms with E-state index in [1.807, 2.05) is 31.7 Å². The summed E-state index contributed by atoms with van der Waals surface area (Å²) in [7, 11) is -2.46. The Kier molecular flexibility index (Phi) is 8.12. The molecule has 2 rings (SSSR count). The smallest absolute Gasteiger partial charge is 0.339 e. The molecule has 0 N–H and O–H groups in total. The zero-order valence-corrected chi connectivity index (χ0v) is 20.0. The summed E-state index contributed by atoms with van der Waals surface area (Å²) < 4.78 is 35.6. The zero-order valence-electron chi connectivity index (χ0n) is 19.2. The van der Waals surface area contributed by atoms with E-state index < -0.39 is 10.1 Å². The van der Waals surface area contributed by atoms with Crippen LogP contribution in [-0.2, 0) is 21.5 Å². The van der Waals surface area contributed by atoms with Crippen LogP contribution in [0.15, 0.2) is 53.4 Å². The summed E-state index contributed by atoms with van der Waals surface area (Å²) >= 11 is 0. The third-order valence-corrected chi connectivity index (χ3v) is 5.71. The van der Waals surface area contributed by atoms with Crippen LogP contribution >= 0.6 is 0 Å². The second-order valence-corrected chi connectivity index (χ2v) is 10.8. The summed E-state index contributed by atoms with van der Waals surface area (Å²) in [6, 6.07) is 12.9. The molecule has 6 nitrogen and oxygen atoms in total. The Morgan fingerprint density at radius 3 is 2.23 bits per heavy atom. The first kappa shape index (κ1) is 24.7. The molecule has 0 bridgehead atoms. The van der Waals surface area contributed by atoms with E-state index in [-0.39, 0.29) is 22.0 Å². The predicted molar refractivity (Wildman–Crippen MR) is 122 cm³/mol. The SMILES string of the molecule is COc1ccc(S(=O)(=O)Oc2cccc(CN(CC(C)C)C(=O)CC(C)(C)C)c2)cc1. The summed E-state index contributed by atoms with van der Waals surface area (Å²) in [5.41, 5.74) is 0.703. The number of nitrogens with zero attached hydrogens (tertiary/aromatic N) is 1. The molecule has 0 saturated heterocycles. The standard InChI is InChI=1S/C24H33NO5S/c1-18(2)16-25(23(26)15-24(3,4)5)17-19-8-7-9-21(14-19)30-31(27,28)22-12-10-20(29-6)11-13-22/h7-14,18H,15-17H2,1-6H3. The molecule has 7 heteroatoms. The molecular weight excluding hydrogens is 414 g/mol. The highest BCUT2D eigenvalue weighted by Gasteiger charge is 2.22. The normalized spacial score (nSPS) is 12.0. The highest BCUT2D eigenvalue weighted by molar-refractivity contribution is 7.87. The van der Waals surface area contributed by atoms with Gasteiger partial charge in [0.05, 0.1) is 7.11 Å². The van der Waals surface area contributed by atoms with Crippen LogP contribution in [0.5, 0.6) is 11.5 Å². The maximum atomic E-state index is 12.8. The molecular formula is C24H33NO5S. The second kappa shape index (κ2) is 10.2. The third kappa shape index (κ3) is 7.90. The number of methoxy groups -OCH3 is 1. The van der Waals surface area contributed by atoms with Gasteiger partial charge in [-0.1, -0.05) is 46.8 Å². The number of ether oxygens (including phenoxy) is 1. The van der Waals surface area contributed by atoms with Gasteiger partial charge in [0.25, 0.3) is 0 Å². The Morgan fingerprint density at radius 2 is 1.68 bits per heavy atom. The molecule has 0 spiro atoms. The van der Waals surface area contributed by atoms with Gasteiger partial charge in [-0.3, -0.25) is 4.79 Å². The number of hydrogen-bond donors (Lipinski definition) is 0. The average Bonchev–Trinajstić information content (AvgIpc) is 2.66. The molecule has 2 aromatic rings. The summed E-state index contributed by atoms with van der Waals surface area (Å²) in [5.74, 6) is 1.17. The van der Waals surface area contributed by atoms with Crippen LogP contribution in [0.2, 0.25) is 0 Å². The van der Waals surface area contributed by atoms with Gasteiger partial charge in [0.15, 0.2) is 0 Å². The van der Waals surface area contributed by atoms with E-state index >= 15 is 0 Å². The lowest BCUT2D eigenvalue weighted by molar-refractivity contribution is -0.134. The molecule has 0 fully saturated rings. The van der Waals surface area contributed by atoms with Crippen molar-refractivity contribution < 1.29 is 22.1 Å². The zero-order chi connectivity index (χ0) is 23.2. The van der Waals surface area contributed by atoms with Crippen LogP contribution in [-0.4, -0.2) is 32.9 Å². The van der Waals surface area contributed by atoms with Crippen molar-refractivity contribution in [2.24, 2.45) is 11.3 Å². The first-order valence-electron chi connectivity index (χ1n) is 10.3. The highest BCUT2D eigenvalue weighted by Crippen LogP contribution is 2.24. The van der Waals surface area contributed by atoms with Crippen molar-refractivity contribution in [3.63, 3.8) is 0 Å². The minimum Gasteiger partial charge on any atom is -0.497 e.